The first-order chi connectivity index (χ1) is 11.3. The van der Waals surface area contributed by atoms with E-state index in [-0.39, 0.29) is 42.5 Å². The third-order valence-corrected chi connectivity index (χ3v) is 4.10. The summed E-state index contributed by atoms with van der Waals surface area (Å²) in [5.74, 6) is 0.572. The lowest BCUT2D eigenvalue weighted by Gasteiger charge is -2.27. The Hall–Kier alpha value is -1.25. The number of anilines is 1. The maximum absolute atomic E-state index is 12.1. The van der Waals surface area contributed by atoms with Crippen LogP contribution < -0.4 is 15.4 Å². The molecule has 26 heavy (non-hydrogen) atoms. The van der Waals surface area contributed by atoms with Crippen LogP contribution in [0.25, 0.3) is 0 Å². The van der Waals surface area contributed by atoms with Crippen LogP contribution in [0.15, 0.2) is 18.3 Å². The van der Waals surface area contributed by atoms with Gasteiger partial charge in [0.15, 0.2) is 6.61 Å². The highest BCUT2D eigenvalue weighted by molar-refractivity contribution is 5.90. The fourth-order valence-corrected chi connectivity index (χ4v) is 2.78. The van der Waals surface area contributed by atoms with Gasteiger partial charge in [0.1, 0.15) is 0 Å². The maximum atomic E-state index is 12.1. The predicted octanol–water partition coefficient (Wildman–Crippen LogP) is 3.83. The molecule has 5 nitrogen and oxygen atoms in total. The zero-order valence-corrected chi connectivity index (χ0v) is 16.0. The van der Waals surface area contributed by atoms with Crippen LogP contribution in [-0.4, -0.2) is 36.8 Å². The van der Waals surface area contributed by atoms with Crippen molar-refractivity contribution in [1.29, 1.82) is 0 Å². The molecule has 150 valence electrons. The van der Waals surface area contributed by atoms with Gasteiger partial charge in [0.05, 0.1) is 11.9 Å². The number of carbonyl (C=O) groups excluding carboxylic acids is 1. The van der Waals surface area contributed by atoms with Crippen molar-refractivity contribution in [3.05, 3.63) is 18.3 Å². The summed E-state index contributed by atoms with van der Waals surface area (Å²) in [6.07, 6.45) is -0.558. The normalized spacial score (nSPS) is 16.0. The summed E-state index contributed by atoms with van der Waals surface area (Å²) < 4.78 is 40.7. The lowest BCUT2D eigenvalue weighted by Crippen LogP contribution is -2.32. The molecule has 1 fully saturated rings. The third kappa shape index (κ3) is 8.91. The highest BCUT2D eigenvalue weighted by atomic mass is 35.5. The van der Waals surface area contributed by atoms with E-state index in [0.29, 0.717) is 18.0 Å². The number of aromatic nitrogens is 1. The molecule has 0 bridgehead atoms. The first kappa shape index (κ1) is 24.8. The van der Waals surface area contributed by atoms with Gasteiger partial charge in [0.25, 0.3) is 0 Å². The van der Waals surface area contributed by atoms with E-state index in [1.165, 1.54) is 18.3 Å². The predicted molar refractivity (Wildman–Crippen MR) is 98.3 cm³/mol. The number of pyridine rings is 1. The van der Waals surface area contributed by atoms with Gasteiger partial charge in [-0.1, -0.05) is 6.92 Å². The second-order valence-corrected chi connectivity index (χ2v) is 6.11. The summed E-state index contributed by atoms with van der Waals surface area (Å²) in [6, 6.07) is 2.78. The molecule has 0 aromatic carbocycles. The Morgan fingerprint density at radius 1 is 1.35 bits per heavy atom. The van der Waals surface area contributed by atoms with E-state index >= 15 is 0 Å². The van der Waals surface area contributed by atoms with E-state index < -0.39 is 12.8 Å². The Bertz CT molecular complexity index is 539. The number of ether oxygens (including phenoxy) is 1. The number of nitrogens with zero attached hydrogens (tertiary/aromatic N) is 1. The molecule has 10 heteroatoms. The number of amides is 1. The number of carbonyl (C=O) groups is 1. The van der Waals surface area contributed by atoms with Crippen molar-refractivity contribution in [2.45, 2.75) is 32.4 Å². The number of alkyl halides is 3. The fourth-order valence-electron chi connectivity index (χ4n) is 2.78. The van der Waals surface area contributed by atoms with Crippen LogP contribution in [0.2, 0.25) is 0 Å². The third-order valence-electron chi connectivity index (χ3n) is 4.10. The minimum absolute atomic E-state index is 0. The lowest BCUT2D eigenvalue weighted by molar-refractivity contribution is -0.154. The van der Waals surface area contributed by atoms with Crippen molar-refractivity contribution in [2.24, 2.45) is 11.8 Å². The molecule has 0 saturated carbocycles. The second-order valence-electron chi connectivity index (χ2n) is 6.11. The van der Waals surface area contributed by atoms with Crippen molar-refractivity contribution in [1.82, 2.24) is 10.3 Å². The smallest absolute Gasteiger partial charge is 0.422 e. The fraction of sp³-hybridized carbons (Fsp3) is 0.625. The van der Waals surface area contributed by atoms with Crippen LogP contribution in [0.4, 0.5) is 18.9 Å². The number of nitrogens with one attached hydrogen (secondary N) is 2. The Morgan fingerprint density at radius 3 is 2.54 bits per heavy atom. The van der Waals surface area contributed by atoms with E-state index in [0.717, 1.165) is 25.9 Å². The van der Waals surface area contributed by atoms with E-state index in [1.807, 2.05) is 0 Å². The van der Waals surface area contributed by atoms with Crippen molar-refractivity contribution in [3.63, 3.8) is 0 Å². The summed E-state index contributed by atoms with van der Waals surface area (Å²) in [5, 5.41) is 6.01. The zero-order chi connectivity index (χ0) is 17.6. The molecular formula is C16H24Cl2F3N3O2. The van der Waals surface area contributed by atoms with Crippen LogP contribution in [0.5, 0.6) is 5.88 Å². The summed E-state index contributed by atoms with van der Waals surface area (Å²) in [5.41, 5.74) is 0.442. The highest BCUT2D eigenvalue weighted by Gasteiger charge is 2.28. The van der Waals surface area contributed by atoms with Crippen molar-refractivity contribution in [3.8, 4) is 5.88 Å². The van der Waals surface area contributed by atoms with Gasteiger partial charge in [-0.2, -0.15) is 13.2 Å². The molecule has 1 aromatic heterocycles. The van der Waals surface area contributed by atoms with Crippen molar-refractivity contribution in [2.75, 3.05) is 25.0 Å². The highest BCUT2D eigenvalue weighted by Crippen LogP contribution is 2.25. The molecule has 0 radical (unpaired) electrons. The largest absolute Gasteiger partial charge is 0.468 e. The molecule has 1 unspecified atom stereocenters. The summed E-state index contributed by atoms with van der Waals surface area (Å²) in [4.78, 5) is 15.8. The van der Waals surface area contributed by atoms with Crippen molar-refractivity contribution >= 4 is 36.4 Å². The molecule has 1 saturated heterocycles. The average molecular weight is 418 g/mol. The summed E-state index contributed by atoms with van der Waals surface area (Å²) in [6.45, 7) is 2.65. The van der Waals surface area contributed by atoms with Crippen LogP contribution in [0.1, 0.15) is 26.2 Å². The Morgan fingerprint density at radius 2 is 2.00 bits per heavy atom. The lowest BCUT2D eigenvalue weighted by atomic mass is 9.84. The number of halogens is 5. The molecule has 0 aliphatic carbocycles. The molecule has 1 aliphatic heterocycles. The monoisotopic (exact) mass is 417 g/mol. The molecule has 0 spiro atoms. The van der Waals surface area contributed by atoms with Crippen LogP contribution in [0.3, 0.4) is 0 Å². The number of piperidine rings is 1. The zero-order valence-electron chi connectivity index (χ0n) is 14.3. The molecular weight excluding hydrogens is 394 g/mol. The summed E-state index contributed by atoms with van der Waals surface area (Å²) in [7, 11) is 0. The molecule has 1 amide bonds. The van der Waals surface area contributed by atoms with Crippen molar-refractivity contribution < 1.29 is 22.7 Å². The first-order valence-electron chi connectivity index (χ1n) is 7.99. The Labute approximate surface area is 163 Å². The van der Waals surface area contributed by atoms with Gasteiger partial charge < -0.3 is 15.4 Å². The average Bonchev–Trinajstić information content (AvgIpc) is 2.54. The van der Waals surface area contributed by atoms with Gasteiger partial charge >= 0.3 is 6.18 Å². The van der Waals surface area contributed by atoms with Gasteiger partial charge in [-0.25, -0.2) is 4.98 Å². The molecule has 1 atom stereocenters. The van der Waals surface area contributed by atoms with Gasteiger partial charge in [-0.05, 0) is 43.8 Å². The van der Waals surface area contributed by atoms with Crippen LogP contribution in [-0.2, 0) is 4.79 Å². The standard InChI is InChI=1S/C16H22F3N3O2.2ClH/c1-11(12-4-6-20-7-5-12)8-14(23)22-13-2-3-15(21-9-13)24-10-16(17,18)19;;/h2-3,9,11-12,20H,4-8,10H2,1H3,(H,22,23);2*1H. The SMILES string of the molecule is CC(CC(=O)Nc1ccc(OCC(F)(F)F)nc1)C1CCNCC1.Cl.Cl. The first-order valence-corrected chi connectivity index (χ1v) is 7.99. The molecule has 1 aliphatic rings. The Balaban J connectivity index is 0.00000312. The second kappa shape index (κ2) is 11.5. The van der Waals surface area contributed by atoms with Crippen LogP contribution >= 0.6 is 24.8 Å². The van der Waals surface area contributed by atoms with Crippen LogP contribution in [0, 0.1) is 11.8 Å². The number of hydrogen-bond acceptors (Lipinski definition) is 4. The minimum Gasteiger partial charge on any atom is -0.468 e. The van der Waals surface area contributed by atoms with E-state index in [9.17, 15) is 18.0 Å². The molecule has 2 rings (SSSR count). The number of rotatable bonds is 6. The van der Waals surface area contributed by atoms with E-state index in [1.54, 1.807) is 0 Å². The minimum atomic E-state index is -4.40. The summed E-state index contributed by atoms with van der Waals surface area (Å²) >= 11 is 0. The number of hydrogen-bond donors (Lipinski definition) is 2. The molecule has 1 aromatic rings. The van der Waals surface area contributed by atoms with Gasteiger partial charge in [-0.3, -0.25) is 4.79 Å². The Kier molecular flexibility index (Phi) is 10.9. The maximum Gasteiger partial charge on any atom is 0.422 e. The topological polar surface area (TPSA) is 63.2 Å². The molecule has 2 heterocycles. The van der Waals surface area contributed by atoms with Gasteiger partial charge in [0, 0.05) is 12.5 Å². The van der Waals surface area contributed by atoms with E-state index in [2.05, 4.69) is 27.3 Å². The molecule has 2 N–H and O–H groups in total. The van der Waals surface area contributed by atoms with Gasteiger partial charge in [-0.15, -0.1) is 24.8 Å². The quantitative estimate of drug-likeness (QED) is 0.737. The van der Waals surface area contributed by atoms with E-state index in [4.69, 9.17) is 0 Å². The van der Waals surface area contributed by atoms with Gasteiger partial charge in [0.2, 0.25) is 11.8 Å².